The largest absolute Gasteiger partial charge is 0.370 e. The molecule has 4 nitrogen and oxygen atoms in total. The highest BCUT2D eigenvalue weighted by molar-refractivity contribution is 9.10. The van der Waals surface area contributed by atoms with Crippen molar-refractivity contribution in [2.24, 2.45) is 0 Å². The summed E-state index contributed by atoms with van der Waals surface area (Å²) in [5, 5.41) is 3.03. The Balaban J connectivity index is 1.74. The Bertz CT molecular complexity index is 718. The summed E-state index contributed by atoms with van der Waals surface area (Å²) in [6.07, 6.45) is 0. The summed E-state index contributed by atoms with van der Waals surface area (Å²) in [5.74, 6) is -0.371. The lowest BCUT2D eigenvalue weighted by atomic mass is 10.0. The average Bonchev–Trinajstić information content (AvgIpc) is 2.64. The van der Waals surface area contributed by atoms with Crippen molar-refractivity contribution in [1.29, 1.82) is 0 Å². The van der Waals surface area contributed by atoms with Gasteiger partial charge < -0.3 is 15.0 Å². The van der Waals surface area contributed by atoms with Crippen LogP contribution in [0.2, 0.25) is 0 Å². The van der Waals surface area contributed by atoms with Crippen LogP contribution in [0.5, 0.6) is 0 Å². The van der Waals surface area contributed by atoms with Crippen molar-refractivity contribution in [1.82, 2.24) is 5.32 Å². The second-order valence-electron chi connectivity index (χ2n) is 6.06. The molecule has 3 rings (SSSR count). The summed E-state index contributed by atoms with van der Waals surface area (Å²) in [4.78, 5) is 13.8. The maximum absolute atomic E-state index is 13.3. The number of benzene rings is 2. The predicted molar refractivity (Wildman–Crippen MR) is 97.1 cm³/mol. The number of amides is 1. The first-order valence-corrected chi connectivity index (χ1v) is 9.15. The molecule has 2 aromatic rings. The number of carbonyl (C=O) groups is 1. The summed E-state index contributed by atoms with van der Waals surface area (Å²) in [7, 11) is 0. The second kappa shape index (κ2) is 8.56. The van der Waals surface area contributed by atoms with E-state index in [2.05, 4.69) is 21.2 Å². The fraction of sp³-hybridized carbons (Fsp3) is 0.316. The van der Waals surface area contributed by atoms with Crippen LogP contribution in [-0.4, -0.2) is 38.8 Å². The molecule has 132 valence electrons. The normalized spacial score (nSPS) is 16.4. The van der Waals surface area contributed by atoms with Crippen molar-refractivity contribution in [2.45, 2.75) is 6.04 Å². The highest BCUT2D eigenvalue weighted by Gasteiger charge is 2.27. The number of hydrogen-bond acceptors (Lipinski definition) is 2. The highest BCUT2D eigenvalue weighted by Crippen LogP contribution is 2.16. The Kier molecular flexibility index (Phi) is 6.18. The third-order valence-corrected chi connectivity index (χ3v) is 5.18. The van der Waals surface area contributed by atoms with Crippen LogP contribution < -0.4 is 10.2 Å². The molecule has 1 aliphatic rings. The van der Waals surface area contributed by atoms with Gasteiger partial charge >= 0.3 is 0 Å². The van der Waals surface area contributed by atoms with E-state index in [0.29, 0.717) is 25.3 Å². The first-order chi connectivity index (χ1) is 12.1. The third-order valence-electron chi connectivity index (χ3n) is 4.49. The van der Waals surface area contributed by atoms with E-state index in [1.807, 2.05) is 18.2 Å². The number of morpholine rings is 1. The van der Waals surface area contributed by atoms with E-state index in [9.17, 15) is 9.18 Å². The molecule has 1 amide bonds. The van der Waals surface area contributed by atoms with Gasteiger partial charge in [-0.1, -0.05) is 24.3 Å². The summed E-state index contributed by atoms with van der Waals surface area (Å²) in [6, 6.07) is 13.9. The molecule has 0 spiro atoms. The standard InChI is InChI=1S/C19H20BrFN2O2/c20-17-4-2-1-3-16(17)19(24)22-13-18(23-9-11-25-12-10-23)14-5-7-15(21)8-6-14/h1-8,18H,9-13H2,(H,22,24)/p+1/t18-/m0/s1. The first-order valence-electron chi connectivity index (χ1n) is 8.35. The molecule has 1 aliphatic heterocycles. The zero-order valence-corrected chi connectivity index (χ0v) is 15.4. The van der Waals surface area contributed by atoms with Gasteiger partial charge in [-0.05, 0) is 40.2 Å². The predicted octanol–water partition coefficient (Wildman–Crippen LogP) is 1.97. The van der Waals surface area contributed by atoms with Gasteiger partial charge in [-0.15, -0.1) is 0 Å². The molecule has 0 aliphatic carbocycles. The summed E-state index contributed by atoms with van der Waals surface area (Å²) in [5.41, 5.74) is 1.63. The molecule has 25 heavy (non-hydrogen) atoms. The van der Waals surface area contributed by atoms with Gasteiger partial charge in [0.15, 0.2) is 0 Å². The molecule has 0 aromatic heterocycles. The van der Waals surface area contributed by atoms with Crippen LogP contribution in [0.3, 0.4) is 0 Å². The minimum atomic E-state index is -0.253. The molecular weight excluding hydrogens is 387 g/mol. The number of ether oxygens (including phenoxy) is 1. The minimum Gasteiger partial charge on any atom is -0.370 e. The maximum atomic E-state index is 13.3. The molecule has 1 fully saturated rings. The van der Waals surface area contributed by atoms with Crippen LogP contribution in [-0.2, 0) is 4.74 Å². The van der Waals surface area contributed by atoms with Gasteiger partial charge in [0.05, 0.1) is 25.3 Å². The van der Waals surface area contributed by atoms with Gasteiger partial charge in [-0.25, -0.2) is 4.39 Å². The Morgan fingerprint density at radius 3 is 2.52 bits per heavy atom. The third kappa shape index (κ3) is 4.66. The fourth-order valence-electron chi connectivity index (χ4n) is 3.11. The number of halogens is 2. The first kappa shape index (κ1) is 18.0. The van der Waals surface area contributed by atoms with E-state index in [-0.39, 0.29) is 17.8 Å². The van der Waals surface area contributed by atoms with Crippen LogP contribution in [0.25, 0.3) is 0 Å². The molecule has 6 heteroatoms. The molecule has 1 atom stereocenters. The van der Waals surface area contributed by atoms with Gasteiger partial charge in [0.25, 0.3) is 5.91 Å². The van der Waals surface area contributed by atoms with Gasteiger partial charge in [0.2, 0.25) is 0 Å². The van der Waals surface area contributed by atoms with E-state index in [4.69, 9.17) is 4.74 Å². The zero-order chi connectivity index (χ0) is 17.6. The number of rotatable bonds is 5. The number of hydrogen-bond donors (Lipinski definition) is 2. The summed E-state index contributed by atoms with van der Waals surface area (Å²) >= 11 is 3.41. The van der Waals surface area contributed by atoms with Crippen molar-refractivity contribution >= 4 is 21.8 Å². The topological polar surface area (TPSA) is 42.8 Å². The number of quaternary nitrogens is 1. The van der Waals surface area contributed by atoms with Crippen LogP contribution in [0.4, 0.5) is 4.39 Å². The highest BCUT2D eigenvalue weighted by atomic mass is 79.9. The maximum Gasteiger partial charge on any atom is 0.252 e. The molecule has 1 heterocycles. The number of carbonyl (C=O) groups excluding carboxylic acids is 1. The Labute approximate surface area is 155 Å². The van der Waals surface area contributed by atoms with Crippen LogP contribution >= 0.6 is 15.9 Å². The molecular formula is C19H21BrFN2O2+. The molecule has 2 N–H and O–H groups in total. The lowest BCUT2D eigenvalue weighted by Crippen LogP contribution is -3.15. The monoisotopic (exact) mass is 407 g/mol. The van der Waals surface area contributed by atoms with Crippen molar-refractivity contribution in [3.05, 3.63) is 69.9 Å². The van der Waals surface area contributed by atoms with Crippen molar-refractivity contribution in [2.75, 3.05) is 32.8 Å². The Morgan fingerprint density at radius 1 is 1.16 bits per heavy atom. The lowest BCUT2D eigenvalue weighted by Gasteiger charge is -2.32. The van der Waals surface area contributed by atoms with Gasteiger partial charge in [0.1, 0.15) is 24.9 Å². The summed E-state index contributed by atoms with van der Waals surface area (Å²) < 4.78 is 19.5. The van der Waals surface area contributed by atoms with Gasteiger partial charge in [0, 0.05) is 10.0 Å². The molecule has 2 aromatic carbocycles. The quantitative estimate of drug-likeness (QED) is 0.795. The summed E-state index contributed by atoms with van der Waals surface area (Å²) in [6.45, 7) is 3.62. The average molecular weight is 408 g/mol. The molecule has 0 saturated carbocycles. The molecule has 1 saturated heterocycles. The van der Waals surface area contributed by atoms with E-state index >= 15 is 0 Å². The lowest BCUT2D eigenvalue weighted by molar-refractivity contribution is -0.937. The second-order valence-corrected chi connectivity index (χ2v) is 6.92. The molecule has 0 bridgehead atoms. The Morgan fingerprint density at radius 2 is 1.84 bits per heavy atom. The number of nitrogens with one attached hydrogen (secondary N) is 2. The fourth-order valence-corrected chi connectivity index (χ4v) is 3.58. The Hall–Kier alpha value is -1.76. The van der Waals surface area contributed by atoms with E-state index in [1.54, 1.807) is 18.2 Å². The van der Waals surface area contributed by atoms with Gasteiger partial charge in [-0.2, -0.15) is 0 Å². The SMILES string of the molecule is O=C(NC[C@@H](c1ccc(F)cc1)[NH+]1CCOCC1)c1ccccc1Br. The van der Waals surface area contributed by atoms with Crippen LogP contribution in [0.1, 0.15) is 22.0 Å². The minimum absolute atomic E-state index is 0.0657. The molecule has 0 radical (unpaired) electrons. The van der Waals surface area contributed by atoms with Crippen LogP contribution in [0, 0.1) is 5.82 Å². The van der Waals surface area contributed by atoms with Crippen molar-refractivity contribution in [3.8, 4) is 0 Å². The van der Waals surface area contributed by atoms with E-state index < -0.39 is 0 Å². The van der Waals surface area contributed by atoms with Gasteiger partial charge in [-0.3, -0.25) is 4.79 Å². The van der Waals surface area contributed by atoms with E-state index in [0.717, 1.165) is 23.1 Å². The smallest absolute Gasteiger partial charge is 0.252 e. The molecule has 0 unspecified atom stereocenters. The van der Waals surface area contributed by atoms with Crippen LogP contribution in [0.15, 0.2) is 53.0 Å². The zero-order valence-electron chi connectivity index (χ0n) is 13.8. The van der Waals surface area contributed by atoms with Crippen molar-refractivity contribution < 1.29 is 18.8 Å². The van der Waals surface area contributed by atoms with Crippen molar-refractivity contribution in [3.63, 3.8) is 0 Å². The van der Waals surface area contributed by atoms with E-state index in [1.165, 1.54) is 17.0 Å².